The Hall–Kier alpha value is -1.61. The van der Waals surface area contributed by atoms with Gasteiger partial charge in [-0.1, -0.05) is 35.5 Å². The predicted molar refractivity (Wildman–Crippen MR) is 61.0 cm³/mol. The van der Waals surface area contributed by atoms with Gasteiger partial charge < -0.3 is 9.26 Å². The number of hydrogen-bond donors (Lipinski definition) is 0. The van der Waals surface area contributed by atoms with Crippen molar-refractivity contribution in [1.29, 1.82) is 0 Å². The number of aryl methyl sites for hydroxylation is 1. The fourth-order valence-corrected chi connectivity index (χ4v) is 1.47. The maximum atomic E-state index is 5.55. The molecule has 0 amide bonds. The van der Waals surface area contributed by atoms with Gasteiger partial charge in [0.25, 0.3) is 0 Å². The van der Waals surface area contributed by atoms with Crippen LogP contribution in [0.25, 0.3) is 0 Å². The molecule has 1 aromatic heterocycles. The van der Waals surface area contributed by atoms with Gasteiger partial charge in [-0.15, -0.1) is 0 Å². The molecule has 0 N–H and O–H groups in total. The van der Waals surface area contributed by atoms with Gasteiger partial charge in [-0.25, -0.2) is 0 Å². The zero-order valence-electron chi connectivity index (χ0n) is 9.35. The Balaban J connectivity index is 1.69. The molecule has 0 aliphatic heterocycles. The summed E-state index contributed by atoms with van der Waals surface area (Å²) in [5.74, 6) is 0.880. The monoisotopic (exact) mass is 217 g/mol. The molecule has 2 aromatic rings. The first kappa shape index (κ1) is 10.9. The van der Waals surface area contributed by atoms with E-state index in [2.05, 4.69) is 17.3 Å². The highest BCUT2D eigenvalue weighted by molar-refractivity contribution is 5.13. The summed E-state index contributed by atoms with van der Waals surface area (Å²) in [7, 11) is 0. The van der Waals surface area contributed by atoms with E-state index in [4.69, 9.17) is 9.26 Å². The maximum Gasteiger partial charge on any atom is 0.139 e. The van der Waals surface area contributed by atoms with E-state index < -0.39 is 0 Å². The van der Waals surface area contributed by atoms with E-state index in [0.29, 0.717) is 13.2 Å². The summed E-state index contributed by atoms with van der Waals surface area (Å²) < 4.78 is 10.6. The molecule has 84 valence electrons. The standard InChI is InChI=1S/C13H15NO2/c1-11-9-13(16-14-11)7-8-15-10-12-5-3-2-4-6-12/h2-6,9H,7-8,10H2,1H3. The van der Waals surface area contributed by atoms with E-state index in [1.807, 2.05) is 31.2 Å². The van der Waals surface area contributed by atoms with Crippen LogP contribution in [0.3, 0.4) is 0 Å². The van der Waals surface area contributed by atoms with Gasteiger partial charge in [0.2, 0.25) is 0 Å². The second-order valence-electron chi connectivity index (χ2n) is 3.72. The van der Waals surface area contributed by atoms with Crippen LogP contribution in [0, 0.1) is 6.92 Å². The van der Waals surface area contributed by atoms with E-state index in [1.165, 1.54) is 5.56 Å². The molecule has 0 saturated heterocycles. The van der Waals surface area contributed by atoms with Gasteiger partial charge in [0.15, 0.2) is 0 Å². The molecule has 0 radical (unpaired) electrons. The topological polar surface area (TPSA) is 35.3 Å². The summed E-state index contributed by atoms with van der Waals surface area (Å²) in [5, 5.41) is 3.82. The molecule has 0 saturated carbocycles. The van der Waals surface area contributed by atoms with Crippen LogP contribution >= 0.6 is 0 Å². The third-order valence-electron chi connectivity index (χ3n) is 2.28. The molecule has 1 aromatic carbocycles. The second-order valence-corrected chi connectivity index (χ2v) is 3.72. The quantitative estimate of drug-likeness (QED) is 0.722. The Kier molecular flexibility index (Phi) is 3.72. The molecule has 0 bridgehead atoms. The van der Waals surface area contributed by atoms with Gasteiger partial charge in [-0.2, -0.15) is 0 Å². The fraction of sp³-hybridized carbons (Fsp3) is 0.308. The van der Waals surface area contributed by atoms with Crippen molar-refractivity contribution >= 4 is 0 Å². The smallest absolute Gasteiger partial charge is 0.139 e. The summed E-state index contributed by atoms with van der Waals surface area (Å²) in [6.45, 7) is 3.22. The molecule has 16 heavy (non-hydrogen) atoms. The van der Waals surface area contributed by atoms with Crippen LogP contribution in [0.1, 0.15) is 17.0 Å². The summed E-state index contributed by atoms with van der Waals surface area (Å²) in [4.78, 5) is 0. The molecule has 2 rings (SSSR count). The molecule has 0 fully saturated rings. The summed E-state index contributed by atoms with van der Waals surface area (Å²) in [6.07, 6.45) is 0.772. The van der Waals surface area contributed by atoms with Crippen molar-refractivity contribution in [3.05, 3.63) is 53.4 Å². The fourth-order valence-electron chi connectivity index (χ4n) is 1.47. The predicted octanol–water partition coefficient (Wildman–Crippen LogP) is 2.74. The Morgan fingerprint density at radius 1 is 1.25 bits per heavy atom. The maximum absolute atomic E-state index is 5.55. The van der Waals surface area contributed by atoms with Crippen molar-refractivity contribution in [1.82, 2.24) is 5.16 Å². The Labute approximate surface area is 95.0 Å². The second kappa shape index (κ2) is 5.47. The molecule has 0 aliphatic carbocycles. The Morgan fingerprint density at radius 3 is 2.75 bits per heavy atom. The van der Waals surface area contributed by atoms with E-state index in [9.17, 15) is 0 Å². The van der Waals surface area contributed by atoms with Gasteiger partial charge in [-0.3, -0.25) is 0 Å². The molecule has 0 aliphatic rings. The first-order valence-electron chi connectivity index (χ1n) is 5.38. The van der Waals surface area contributed by atoms with E-state index in [-0.39, 0.29) is 0 Å². The first-order chi connectivity index (χ1) is 7.84. The third kappa shape index (κ3) is 3.21. The van der Waals surface area contributed by atoms with Crippen molar-refractivity contribution in [2.24, 2.45) is 0 Å². The van der Waals surface area contributed by atoms with Crippen LogP contribution in [-0.4, -0.2) is 11.8 Å². The minimum absolute atomic E-state index is 0.647. The Morgan fingerprint density at radius 2 is 2.06 bits per heavy atom. The molecule has 3 nitrogen and oxygen atoms in total. The number of nitrogens with zero attached hydrogens (tertiary/aromatic N) is 1. The van der Waals surface area contributed by atoms with Crippen LogP contribution in [-0.2, 0) is 17.8 Å². The van der Waals surface area contributed by atoms with Crippen molar-refractivity contribution in [3.8, 4) is 0 Å². The third-order valence-corrected chi connectivity index (χ3v) is 2.28. The molecular formula is C13H15NO2. The Bertz CT molecular complexity index is 423. The van der Waals surface area contributed by atoms with Crippen LogP contribution in [0.5, 0.6) is 0 Å². The largest absolute Gasteiger partial charge is 0.376 e. The first-order valence-corrected chi connectivity index (χ1v) is 5.38. The number of rotatable bonds is 5. The lowest BCUT2D eigenvalue weighted by Gasteiger charge is -2.02. The van der Waals surface area contributed by atoms with Crippen LogP contribution in [0.4, 0.5) is 0 Å². The number of benzene rings is 1. The number of ether oxygens (including phenoxy) is 1. The molecule has 0 unspecified atom stereocenters. The highest BCUT2D eigenvalue weighted by Crippen LogP contribution is 2.05. The lowest BCUT2D eigenvalue weighted by molar-refractivity contribution is 0.119. The summed E-state index contributed by atoms with van der Waals surface area (Å²) in [5.41, 5.74) is 2.11. The van der Waals surface area contributed by atoms with Crippen LogP contribution < -0.4 is 0 Å². The van der Waals surface area contributed by atoms with E-state index in [0.717, 1.165) is 17.9 Å². The minimum Gasteiger partial charge on any atom is -0.376 e. The normalized spacial score (nSPS) is 10.6. The molecule has 1 heterocycles. The van der Waals surface area contributed by atoms with Crippen molar-refractivity contribution in [2.45, 2.75) is 20.0 Å². The summed E-state index contributed by atoms with van der Waals surface area (Å²) >= 11 is 0. The van der Waals surface area contributed by atoms with Crippen molar-refractivity contribution in [2.75, 3.05) is 6.61 Å². The average molecular weight is 217 g/mol. The zero-order valence-corrected chi connectivity index (χ0v) is 9.35. The summed E-state index contributed by atoms with van der Waals surface area (Å²) in [6, 6.07) is 12.1. The number of aromatic nitrogens is 1. The minimum atomic E-state index is 0.647. The molecular weight excluding hydrogens is 202 g/mol. The molecule has 0 atom stereocenters. The van der Waals surface area contributed by atoms with Crippen molar-refractivity contribution < 1.29 is 9.26 Å². The van der Waals surface area contributed by atoms with Gasteiger partial charge in [-0.05, 0) is 12.5 Å². The van der Waals surface area contributed by atoms with Crippen LogP contribution in [0.15, 0.2) is 40.9 Å². The average Bonchev–Trinajstić information content (AvgIpc) is 2.72. The SMILES string of the molecule is Cc1cc(CCOCc2ccccc2)on1. The molecule has 0 spiro atoms. The van der Waals surface area contributed by atoms with Gasteiger partial charge >= 0.3 is 0 Å². The lowest BCUT2D eigenvalue weighted by Crippen LogP contribution is -1.98. The number of hydrogen-bond acceptors (Lipinski definition) is 3. The van der Waals surface area contributed by atoms with E-state index in [1.54, 1.807) is 0 Å². The highest BCUT2D eigenvalue weighted by Gasteiger charge is 2.00. The lowest BCUT2D eigenvalue weighted by atomic mass is 10.2. The van der Waals surface area contributed by atoms with Crippen LogP contribution in [0.2, 0.25) is 0 Å². The zero-order chi connectivity index (χ0) is 11.2. The van der Waals surface area contributed by atoms with E-state index >= 15 is 0 Å². The van der Waals surface area contributed by atoms with Gasteiger partial charge in [0, 0.05) is 12.5 Å². The highest BCUT2D eigenvalue weighted by atomic mass is 16.5. The van der Waals surface area contributed by atoms with Crippen molar-refractivity contribution in [3.63, 3.8) is 0 Å². The van der Waals surface area contributed by atoms with Gasteiger partial charge in [0.1, 0.15) is 5.76 Å². The van der Waals surface area contributed by atoms with Gasteiger partial charge in [0.05, 0.1) is 18.9 Å². The molecule has 3 heteroatoms.